The van der Waals surface area contributed by atoms with Gasteiger partial charge in [-0.1, -0.05) is 31.4 Å². The van der Waals surface area contributed by atoms with E-state index in [4.69, 9.17) is 10.5 Å². The predicted molar refractivity (Wildman–Crippen MR) is 79.2 cm³/mol. The first kappa shape index (κ1) is 13.9. The number of para-hydroxylation sites is 2. The van der Waals surface area contributed by atoms with Crippen molar-refractivity contribution in [3.63, 3.8) is 0 Å². The van der Waals surface area contributed by atoms with Gasteiger partial charge in [0.25, 0.3) is 0 Å². The van der Waals surface area contributed by atoms with Gasteiger partial charge in [-0.15, -0.1) is 0 Å². The minimum atomic E-state index is -0.183. The Bertz CT molecular complexity index is 542. The first-order valence-corrected chi connectivity index (χ1v) is 6.83. The topological polar surface area (TPSA) is 84.0 Å². The van der Waals surface area contributed by atoms with E-state index in [-0.39, 0.29) is 5.71 Å². The van der Waals surface area contributed by atoms with Crippen LogP contribution in [0.1, 0.15) is 32.1 Å². The summed E-state index contributed by atoms with van der Waals surface area (Å²) in [7, 11) is 0. The van der Waals surface area contributed by atoms with Crippen molar-refractivity contribution >= 4 is 17.1 Å². The smallest absolute Gasteiger partial charge is 0.237 e. The van der Waals surface area contributed by atoms with Crippen LogP contribution in [0.15, 0.2) is 29.4 Å². The van der Waals surface area contributed by atoms with E-state index in [0.717, 1.165) is 11.4 Å². The van der Waals surface area contributed by atoms with Gasteiger partial charge in [0.05, 0.1) is 11.4 Å². The van der Waals surface area contributed by atoms with Crippen molar-refractivity contribution in [1.29, 1.82) is 10.5 Å². The van der Waals surface area contributed by atoms with E-state index in [9.17, 15) is 0 Å². The molecule has 0 aromatic heterocycles. The summed E-state index contributed by atoms with van der Waals surface area (Å²) in [6.07, 6.45) is 6.20. The molecule has 0 heterocycles. The van der Waals surface area contributed by atoms with Crippen molar-refractivity contribution in [1.82, 2.24) is 0 Å². The van der Waals surface area contributed by atoms with Gasteiger partial charge < -0.3 is 5.32 Å². The normalized spacial score (nSPS) is 14.7. The summed E-state index contributed by atoms with van der Waals surface area (Å²) in [5, 5.41) is 24.7. The first-order valence-electron chi connectivity index (χ1n) is 6.83. The Morgan fingerprint density at radius 3 is 2.35 bits per heavy atom. The highest BCUT2D eigenvalue weighted by Gasteiger charge is 2.14. The summed E-state index contributed by atoms with van der Waals surface area (Å²) in [6, 6.07) is 11.6. The lowest BCUT2D eigenvalue weighted by atomic mass is 9.95. The molecular formula is C15H17N5. The van der Waals surface area contributed by atoms with Gasteiger partial charge in [-0.25, -0.2) is 0 Å². The van der Waals surface area contributed by atoms with Crippen molar-refractivity contribution in [2.45, 2.75) is 38.1 Å². The molecule has 1 aromatic carbocycles. The Morgan fingerprint density at radius 1 is 1.05 bits per heavy atom. The highest BCUT2D eigenvalue weighted by atomic mass is 15.3. The number of rotatable bonds is 4. The second kappa shape index (κ2) is 7.16. The summed E-state index contributed by atoms with van der Waals surface area (Å²) >= 11 is 0. The molecule has 1 aliphatic carbocycles. The van der Waals surface area contributed by atoms with Crippen LogP contribution in [0, 0.1) is 22.7 Å². The Labute approximate surface area is 118 Å². The molecule has 2 rings (SSSR count). The number of hydrogen-bond donors (Lipinski definition) is 2. The fourth-order valence-corrected chi connectivity index (χ4v) is 2.36. The molecule has 1 saturated carbocycles. The quantitative estimate of drug-likeness (QED) is 0.648. The van der Waals surface area contributed by atoms with Crippen LogP contribution >= 0.6 is 0 Å². The minimum absolute atomic E-state index is 0.183. The zero-order valence-electron chi connectivity index (χ0n) is 11.3. The van der Waals surface area contributed by atoms with Crippen molar-refractivity contribution in [3.8, 4) is 12.1 Å². The number of nitrogens with one attached hydrogen (secondary N) is 2. The summed E-state index contributed by atoms with van der Waals surface area (Å²) in [5.74, 6) is 0. The Hall–Kier alpha value is -2.53. The van der Waals surface area contributed by atoms with Crippen molar-refractivity contribution in [3.05, 3.63) is 24.3 Å². The molecule has 0 spiro atoms. The number of hydrazone groups is 1. The standard InChI is InChI=1S/C15H17N5/c16-10-13(11-17)19-20-15-9-5-4-8-14(15)18-12-6-2-1-3-7-12/h4-5,8-9,12,18,20H,1-3,6-7H2. The third-order valence-corrected chi connectivity index (χ3v) is 3.39. The predicted octanol–water partition coefficient (Wildman–Crippen LogP) is 3.25. The maximum Gasteiger partial charge on any atom is 0.237 e. The lowest BCUT2D eigenvalue weighted by Crippen LogP contribution is -2.22. The SMILES string of the molecule is N#CC(C#N)=NNc1ccccc1NC1CCCCC1. The number of hydrogen-bond acceptors (Lipinski definition) is 5. The molecule has 0 aliphatic heterocycles. The average Bonchev–Trinajstić information content (AvgIpc) is 2.51. The number of anilines is 2. The van der Waals surface area contributed by atoms with E-state index in [1.54, 1.807) is 12.1 Å². The zero-order chi connectivity index (χ0) is 14.2. The van der Waals surface area contributed by atoms with Crippen molar-refractivity contribution in [2.24, 2.45) is 5.10 Å². The maximum atomic E-state index is 8.68. The maximum absolute atomic E-state index is 8.68. The molecule has 1 aromatic rings. The molecule has 0 amide bonds. The second-order valence-corrected chi connectivity index (χ2v) is 4.82. The van der Waals surface area contributed by atoms with E-state index in [1.165, 1.54) is 32.1 Å². The molecule has 0 saturated heterocycles. The third kappa shape index (κ3) is 3.73. The second-order valence-electron chi connectivity index (χ2n) is 4.82. The first-order chi connectivity index (χ1) is 9.83. The van der Waals surface area contributed by atoms with Gasteiger partial charge in [-0.05, 0) is 25.0 Å². The molecule has 0 radical (unpaired) electrons. The van der Waals surface area contributed by atoms with E-state index in [0.29, 0.717) is 6.04 Å². The summed E-state index contributed by atoms with van der Waals surface area (Å²) in [6.45, 7) is 0. The van der Waals surface area contributed by atoms with Gasteiger partial charge in [0.1, 0.15) is 12.1 Å². The van der Waals surface area contributed by atoms with Crippen molar-refractivity contribution in [2.75, 3.05) is 10.7 Å². The fourth-order valence-electron chi connectivity index (χ4n) is 2.36. The molecule has 5 nitrogen and oxygen atoms in total. The Kier molecular flexibility index (Phi) is 4.97. The largest absolute Gasteiger partial charge is 0.381 e. The van der Waals surface area contributed by atoms with Crippen LogP contribution in [0.2, 0.25) is 0 Å². The summed E-state index contributed by atoms with van der Waals surface area (Å²) in [5.41, 5.74) is 4.34. The molecule has 5 heteroatoms. The molecule has 20 heavy (non-hydrogen) atoms. The van der Waals surface area contributed by atoms with E-state index >= 15 is 0 Å². The lowest BCUT2D eigenvalue weighted by Gasteiger charge is -2.24. The van der Waals surface area contributed by atoms with Crippen LogP contribution in [-0.4, -0.2) is 11.8 Å². The summed E-state index contributed by atoms with van der Waals surface area (Å²) < 4.78 is 0. The van der Waals surface area contributed by atoms with Gasteiger partial charge in [-0.3, -0.25) is 5.43 Å². The van der Waals surface area contributed by atoms with E-state index in [1.807, 2.05) is 24.3 Å². The fraction of sp³-hybridized carbons (Fsp3) is 0.400. The van der Waals surface area contributed by atoms with Gasteiger partial charge in [-0.2, -0.15) is 15.6 Å². The zero-order valence-corrected chi connectivity index (χ0v) is 11.3. The highest BCUT2D eigenvalue weighted by molar-refractivity contribution is 6.10. The summed E-state index contributed by atoms with van der Waals surface area (Å²) in [4.78, 5) is 0. The van der Waals surface area contributed by atoms with Crippen LogP contribution in [0.3, 0.4) is 0 Å². The lowest BCUT2D eigenvalue weighted by molar-refractivity contribution is 0.463. The number of nitriles is 2. The Morgan fingerprint density at radius 2 is 1.70 bits per heavy atom. The molecule has 1 aliphatic rings. The molecule has 0 unspecified atom stereocenters. The average molecular weight is 267 g/mol. The molecular weight excluding hydrogens is 250 g/mol. The van der Waals surface area contributed by atoms with Crippen LogP contribution in [0.5, 0.6) is 0 Å². The van der Waals surface area contributed by atoms with Crippen molar-refractivity contribution < 1.29 is 0 Å². The molecule has 0 atom stereocenters. The van der Waals surface area contributed by atoms with Gasteiger partial charge in [0.15, 0.2) is 0 Å². The van der Waals surface area contributed by atoms with Crippen LogP contribution in [-0.2, 0) is 0 Å². The van der Waals surface area contributed by atoms with Gasteiger partial charge >= 0.3 is 0 Å². The third-order valence-electron chi connectivity index (χ3n) is 3.39. The van der Waals surface area contributed by atoms with E-state index < -0.39 is 0 Å². The molecule has 102 valence electrons. The molecule has 1 fully saturated rings. The number of benzene rings is 1. The molecule has 0 bridgehead atoms. The number of nitrogens with zero attached hydrogens (tertiary/aromatic N) is 3. The Balaban J connectivity index is 2.08. The van der Waals surface area contributed by atoms with Crippen LogP contribution < -0.4 is 10.7 Å². The minimum Gasteiger partial charge on any atom is -0.381 e. The van der Waals surface area contributed by atoms with Crippen LogP contribution in [0.4, 0.5) is 11.4 Å². The van der Waals surface area contributed by atoms with Gasteiger partial charge in [0.2, 0.25) is 5.71 Å². The van der Waals surface area contributed by atoms with E-state index in [2.05, 4.69) is 15.8 Å². The monoisotopic (exact) mass is 267 g/mol. The highest BCUT2D eigenvalue weighted by Crippen LogP contribution is 2.26. The van der Waals surface area contributed by atoms with Gasteiger partial charge in [0, 0.05) is 6.04 Å². The van der Waals surface area contributed by atoms with Crippen LogP contribution in [0.25, 0.3) is 0 Å². The molecule has 2 N–H and O–H groups in total.